The first kappa shape index (κ1) is 16.2. The highest BCUT2D eigenvalue weighted by molar-refractivity contribution is 7.93. The lowest BCUT2D eigenvalue weighted by molar-refractivity contribution is -0.102. The largest absolute Gasteiger partial charge is 0.371 e. The normalized spacial score (nSPS) is 35.3. The molecule has 2 heterocycles. The van der Waals surface area contributed by atoms with Gasteiger partial charge in [-0.3, -0.25) is 0 Å². The Morgan fingerprint density at radius 1 is 0.950 bits per heavy atom. The Balaban J connectivity index is 2.15. The molecule has 2 aliphatic rings. The Morgan fingerprint density at radius 3 is 2.00 bits per heavy atom. The predicted molar refractivity (Wildman–Crippen MR) is 76.6 cm³/mol. The highest BCUT2D eigenvalue weighted by Gasteiger charge is 2.55. The zero-order valence-corrected chi connectivity index (χ0v) is 14.0. The van der Waals surface area contributed by atoms with E-state index in [4.69, 9.17) is 14.2 Å². The molecule has 118 valence electrons. The summed E-state index contributed by atoms with van der Waals surface area (Å²) in [6.45, 7) is 11.6. The van der Waals surface area contributed by atoms with Gasteiger partial charge in [0.15, 0.2) is 9.84 Å². The van der Waals surface area contributed by atoms with E-state index < -0.39 is 25.9 Å². The van der Waals surface area contributed by atoms with Gasteiger partial charge in [-0.25, -0.2) is 8.42 Å². The number of ether oxygens (including phenoxy) is 3. The minimum absolute atomic E-state index is 0.193. The lowest BCUT2D eigenvalue weighted by Gasteiger charge is -2.27. The van der Waals surface area contributed by atoms with Gasteiger partial charge >= 0.3 is 0 Å². The van der Waals surface area contributed by atoms with E-state index in [1.165, 1.54) is 0 Å². The summed E-state index contributed by atoms with van der Waals surface area (Å²) in [5, 5.41) is -0.596. The summed E-state index contributed by atoms with van der Waals surface area (Å²) in [6.07, 6.45) is -0.886. The fourth-order valence-corrected chi connectivity index (χ4v) is 4.46. The molecule has 6 heteroatoms. The van der Waals surface area contributed by atoms with E-state index in [2.05, 4.69) is 0 Å². The maximum absolute atomic E-state index is 12.6. The van der Waals surface area contributed by atoms with Crippen LogP contribution >= 0.6 is 0 Å². The van der Waals surface area contributed by atoms with E-state index in [1.54, 1.807) is 20.8 Å². The molecule has 0 N–H and O–H groups in total. The van der Waals surface area contributed by atoms with E-state index in [0.29, 0.717) is 6.61 Å². The van der Waals surface area contributed by atoms with Crippen molar-refractivity contribution in [2.45, 2.75) is 75.5 Å². The average Bonchev–Trinajstić information content (AvgIpc) is 2.77. The van der Waals surface area contributed by atoms with E-state index in [1.807, 2.05) is 20.8 Å². The van der Waals surface area contributed by atoms with Crippen molar-refractivity contribution < 1.29 is 22.6 Å². The molecule has 0 saturated carbocycles. The molecular weight excluding hydrogens is 280 g/mol. The monoisotopic (exact) mass is 306 g/mol. The first-order valence-electron chi connectivity index (χ1n) is 7.08. The maximum Gasteiger partial charge on any atom is 0.162 e. The van der Waals surface area contributed by atoms with Gasteiger partial charge in [0, 0.05) is 0 Å². The third-order valence-corrected chi connectivity index (χ3v) is 6.63. The summed E-state index contributed by atoms with van der Waals surface area (Å²) >= 11 is 0. The Morgan fingerprint density at radius 2 is 1.50 bits per heavy atom. The van der Waals surface area contributed by atoms with Gasteiger partial charge in [-0.1, -0.05) is 0 Å². The van der Waals surface area contributed by atoms with Crippen LogP contribution in [0.3, 0.4) is 0 Å². The second-order valence-electron chi connectivity index (χ2n) is 7.56. The number of fused-ring (bicyclic) bond motifs is 1. The van der Waals surface area contributed by atoms with Crippen molar-refractivity contribution in [1.29, 1.82) is 0 Å². The van der Waals surface area contributed by atoms with Crippen molar-refractivity contribution in [1.82, 2.24) is 0 Å². The van der Waals surface area contributed by atoms with Gasteiger partial charge < -0.3 is 14.2 Å². The third kappa shape index (κ3) is 2.89. The Labute approximate surface area is 121 Å². The average molecular weight is 306 g/mol. The molecule has 2 saturated heterocycles. The van der Waals surface area contributed by atoms with E-state index in [9.17, 15) is 8.42 Å². The quantitative estimate of drug-likeness (QED) is 0.774. The molecular formula is C14H26O5S. The summed E-state index contributed by atoms with van der Waals surface area (Å²) in [7, 11) is -3.30. The summed E-state index contributed by atoms with van der Waals surface area (Å²) in [4.78, 5) is 0. The van der Waals surface area contributed by atoms with Crippen LogP contribution in [0.25, 0.3) is 0 Å². The Kier molecular flexibility index (Phi) is 4.00. The van der Waals surface area contributed by atoms with E-state index >= 15 is 0 Å². The highest BCUT2D eigenvalue weighted by Crippen LogP contribution is 2.37. The molecule has 0 spiro atoms. The first-order chi connectivity index (χ1) is 8.93. The van der Waals surface area contributed by atoms with Crippen molar-refractivity contribution in [3.05, 3.63) is 0 Å². The van der Waals surface area contributed by atoms with Crippen molar-refractivity contribution in [3.8, 4) is 0 Å². The lowest BCUT2D eigenvalue weighted by atomic mass is 10.1. The molecule has 0 aliphatic carbocycles. The van der Waals surface area contributed by atoms with Crippen molar-refractivity contribution in [2.24, 2.45) is 0 Å². The predicted octanol–water partition coefficient (Wildman–Crippen LogP) is 1.55. The Bertz CT molecular complexity index is 457. The van der Waals surface area contributed by atoms with Crippen LogP contribution in [0, 0.1) is 0 Å². The van der Waals surface area contributed by atoms with Crippen molar-refractivity contribution in [2.75, 3.05) is 13.2 Å². The SMILES string of the molecule is CC(C)(C)OC1CO[C@@H]2C(S(=O)(=O)C(C)(C)C)CO[C@H]12. The molecule has 2 aliphatic heterocycles. The molecule has 5 nitrogen and oxygen atoms in total. The zero-order chi connectivity index (χ0) is 15.3. The molecule has 0 amide bonds. The van der Waals surface area contributed by atoms with E-state index in [0.717, 1.165) is 0 Å². The van der Waals surface area contributed by atoms with Crippen LogP contribution in [0.4, 0.5) is 0 Å². The van der Waals surface area contributed by atoms with Gasteiger partial charge in [-0.05, 0) is 41.5 Å². The van der Waals surface area contributed by atoms with Crippen LogP contribution in [0.2, 0.25) is 0 Å². The molecule has 0 aromatic heterocycles. The number of hydrogen-bond donors (Lipinski definition) is 0. The van der Waals surface area contributed by atoms with Crippen LogP contribution in [-0.2, 0) is 24.0 Å². The van der Waals surface area contributed by atoms with Gasteiger partial charge in [0.1, 0.15) is 23.6 Å². The molecule has 0 aromatic carbocycles. The molecule has 2 unspecified atom stereocenters. The van der Waals surface area contributed by atoms with Crippen LogP contribution in [0.1, 0.15) is 41.5 Å². The molecule has 4 atom stereocenters. The lowest BCUT2D eigenvalue weighted by Crippen LogP contribution is -2.45. The van der Waals surface area contributed by atoms with Gasteiger partial charge in [0.05, 0.1) is 23.6 Å². The summed E-state index contributed by atoms with van der Waals surface area (Å²) in [5.74, 6) is 0. The van der Waals surface area contributed by atoms with Gasteiger partial charge in [-0.2, -0.15) is 0 Å². The van der Waals surface area contributed by atoms with Crippen LogP contribution in [0.15, 0.2) is 0 Å². The van der Waals surface area contributed by atoms with Crippen LogP contribution in [0.5, 0.6) is 0 Å². The number of hydrogen-bond acceptors (Lipinski definition) is 5. The molecule has 0 radical (unpaired) electrons. The molecule has 0 aromatic rings. The van der Waals surface area contributed by atoms with Crippen molar-refractivity contribution in [3.63, 3.8) is 0 Å². The summed E-state index contributed by atoms with van der Waals surface area (Å²) in [6, 6.07) is 0. The smallest absolute Gasteiger partial charge is 0.162 e. The Hall–Kier alpha value is -0.170. The summed E-state index contributed by atoms with van der Waals surface area (Å²) < 4.78 is 41.7. The van der Waals surface area contributed by atoms with Gasteiger partial charge in [-0.15, -0.1) is 0 Å². The van der Waals surface area contributed by atoms with Crippen LogP contribution < -0.4 is 0 Å². The fraction of sp³-hybridized carbons (Fsp3) is 1.00. The molecule has 2 fully saturated rings. The maximum atomic E-state index is 12.6. The molecule has 0 bridgehead atoms. The van der Waals surface area contributed by atoms with E-state index in [-0.39, 0.29) is 24.4 Å². The fourth-order valence-electron chi connectivity index (χ4n) is 2.70. The standard InChI is InChI=1S/C14H26O5S/c1-13(2,3)19-9-7-17-12-10(8-18-11(9)12)20(15,16)14(4,5)6/h9-12H,7-8H2,1-6H3/t9?,10?,11-,12-/m1/s1. The van der Waals surface area contributed by atoms with Crippen LogP contribution in [-0.4, -0.2) is 55.5 Å². The second-order valence-corrected chi connectivity index (χ2v) is 10.5. The third-order valence-electron chi connectivity index (χ3n) is 3.72. The summed E-state index contributed by atoms with van der Waals surface area (Å²) in [5.41, 5.74) is -0.298. The minimum Gasteiger partial charge on any atom is -0.371 e. The number of rotatable bonds is 2. The minimum atomic E-state index is -3.30. The topological polar surface area (TPSA) is 61.8 Å². The number of sulfone groups is 1. The molecule has 20 heavy (non-hydrogen) atoms. The zero-order valence-electron chi connectivity index (χ0n) is 13.2. The second kappa shape index (κ2) is 4.93. The van der Waals surface area contributed by atoms with Crippen molar-refractivity contribution >= 4 is 9.84 Å². The van der Waals surface area contributed by atoms with Gasteiger partial charge in [0.2, 0.25) is 0 Å². The highest BCUT2D eigenvalue weighted by atomic mass is 32.2. The first-order valence-corrected chi connectivity index (χ1v) is 8.62. The molecule has 2 rings (SSSR count). The van der Waals surface area contributed by atoms with Gasteiger partial charge in [0.25, 0.3) is 0 Å².